The molecule has 1 unspecified atom stereocenters. The number of alkyl halides is 1. The summed E-state index contributed by atoms with van der Waals surface area (Å²) in [5.74, 6) is 0.375. The Morgan fingerprint density at radius 1 is 1.35 bits per heavy atom. The van der Waals surface area contributed by atoms with Crippen LogP contribution in [0, 0.1) is 5.92 Å². The fourth-order valence-electron chi connectivity index (χ4n) is 1.14. The summed E-state index contributed by atoms with van der Waals surface area (Å²) < 4.78 is 27.3. The highest BCUT2D eigenvalue weighted by Crippen LogP contribution is 2.17. The van der Waals surface area contributed by atoms with Crippen molar-refractivity contribution in [2.45, 2.75) is 23.6 Å². The number of nitrogens with one attached hydrogen (secondary N) is 1. The van der Waals surface area contributed by atoms with Gasteiger partial charge in [-0.15, -0.1) is 0 Å². The van der Waals surface area contributed by atoms with Gasteiger partial charge in [0.2, 0.25) is 10.0 Å². The van der Waals surface area contributed by atoms with Gasteiger partial charge < -0.3 is 0 Å². The van der Waals surface area contributed by atoms with Crippen LogP contribution in [-0.4, -0.2) is 19.8 Å². The molecule has 0 bridgehead atoms. The Balaban J connectivity index is 2.76. The van der Waals surface area contributed by atoms with E-state index in [1.807, 2.05) is 13.8 Å². The van der Waals surface area contributed by atoms with Gasteiger partial charge in [-0.25, -0.2) is 13.1 Å². The molecule has 1 rings (SSSR count). The van der Waals surface area contributed by atoms with Gasteiger partial charge in [-0.2, -0.15) is 0 Å². The van der Waals surface area contributed by atoms with Gasteiger partial charge in [0.25, 0.3) is 0 Å². The van der Waals surface area contributed by atoms with Crippen molar-refractivity contribution >= 4 is 41.9 Å². The Morgan fingerprint density at radius 3 is 2.53 bits per heavy atom. The molecule has 1 aromatic rings. The van der Waals surface area contributed by atoms with Crippen molar-refractivity contribution in [3.05, 3.63) is 28.7 Å². The van der Waals surface area contributed by atoms with Crippen LogP contribution in [0.2, 0.25) is 0 Å². The molecule has 3 nitrogen and oxygen atoms in total. The smallest absolute Gasteiger partial charge is 0.210 e. The van der Waals surface area contributed by atoms with Crippen molar-refractivity contribution in [2.75, 3.05) is 6.54 Å². The van der Waals surface area contributed by atoms with Crippen molar-refractivity contribution in [2.24, 2.45) is 5.92 Å². The maximum absolute atomic E-state index is 12.0. The van der Waals surface area contributed by atoms with Crippen LogP contribution in [0.15, 0.2) is 33.6 Å². The molecule has 0 aliphatic carbocycles. The van der Waals surface area contributed by atoms with E-state index in [1.165, 1.54) is 0 Å². The zero-order valence-corrected chi connectivity index (χ0v) is 13.6. The third kappa shape index (κ3) is 4.69. The third-order valence-electron chi connectivity index (χ3n) is 2.30. The van der Waals surface area contributed by atoms with E-state index in [0.717, 1.165) is 4.47 Å². The predicted octanol–water partition coefficient (Wildman–Crippen LogP) is 3.15. The molecule has 96 valence electrons. The normalized spacial score (nSPS) is 13.9. The standard InChI is InChI=1S/C11H15Br2NO2S/c1-8(2)11(13)7-14-17(15,16)10-5-3-4-9(12)6-10/h3-6,8,11,14H,7H2,1-2H3. The molecule has 0 heterocycles. The first-order chi connectivity index (χ1) is 7.83. The summed E-state index contributed by atoms with van der Waals surface area (Å²) in [6, 6.07) is 6.65. The molecule has 0 radical (unpaired) electrons. The summed E-state index contributed by atoms with van der Waals surface area (Å²) in [5, 5.41) is 0. The maximum Gasteiger partial charge on any atom is 0.240 e. The number of sulfonamides is 1. The van der Waals surface area contributed by atoms with Gasteiger partial charge in [0.15, 0.2) is 0 Å². The summed E-state index contributed by atoms with van der Waals surface area (Å²) in [7, 11) is -3.42. The zero-order valence-electron chi connectivity index (χ0n) is 9.65. The van der Waals surface area contributed by atoms with Gasteiger partial charge in [0.05, 0.1) is 4.90 Å². The van der Waals surface area contributed by atoms with Crippen LogP contribution < -0.4 is 4.72 Å². The topological polar surface area (TPSA) is 46.2 Å². The van der Waals surface area contributed by atoms with Gasteiger partial charge in [-0.05, 0) is 24.1 Å². The Bertz CT molecular complexity index is 474. The van der Waals surface area contributed by atoms with E-state index in [0.29, 0.717) is 12.5 Å². The van der Waals surface area contributed by atoms with E-state index in [-0.39, 0.29) is 9.72 Å². The molecule has 1 N–H and O–H groups in total. The van der Waals surface area contributed by atoms with Gasteiger partial charge in [0, 0.05) is 15.8 Å². The zero-order chi connectivity index (χ0) is 13.1. The lowest BCUT2D eigenvalue weighted by molar-refractivity contribution is 0.563. The Morgan fingerprint density at radius 2 is 2.00 bits per heavy atom. The highest BCUT2D eigenvalue weighted by Gasteiger charge is 2.17. The lowest BCUT2D eigenvalue weighted by atomic mass is 10.1. The molecule has 0 spiro atoms. The summed E-state index contributed by atoms with van der Waals surface area (Å²) in [6.07, 6.45) is 0. The summed E-state index contributed by atoms with van der Waals surface area (Å²) >= 11 is 6.70. The minimum absolute atomic E-state index is 0.129. The molecule has 0 fully saturated rings. The van der Waals surface area contributed by atoms with Crippen LogP contribution in [0.25, 0.3) is 0 Å². The van der Waals surface area contributed by atoms with E-state index in [4.69, 9.17) is 0 Å². The molecule has 1 atom stereocenters. The minimum Gasteiger partial charge on any atom is -0.210 e. The van der Waals surface area contributed by atoms with E-state index >= 15 is 0 Å². The highest BCUT2D eigenvalue weighted by atomic mass is 79.9. The number of halogens is 2. The number of benzene rings is 1. The predicted molar refractivity (Wildman–Crippen MR) is 76.9 cm³/mol. The lowest BCUT2D eigenvalue weighted by Crippen LogP contribution is -2.31. The molecule has 0 amide bonds. The Kier molecular flexibility index (Phi) is 5.63. The summed E-state index contributed by atoms with van der Waals surface area (Å²) in [5.41, 5.74) is 0. The number of rotatable bonds is 5. The molecule has 0 saturated heterocycles. The molecule has 1 aromatic carbocycles. The first-order valence-corrected chi connectivity index (χ1v) is 8.41. The first-order valence-electron chi connectivity index (χ1n) is 5.22. The van der Waals surface area contributed by atoms with Gasteiger partial charge in [-0.1, -0.05) is 51.8 Å². The van der Waals surface area contributed by atoms with E-state index < -0.39 is 10.0 Å². The highest BCUT2D eigenvalue weighted by molar-refractivity contribution is 9.10. The second-order valence-corrected chi connectivity index (χ2v) is 7.93. The molecule has 0 aliphatic rings. The van der Waals surface area contributed by atoms with Crippen molar-refractivity contribution < 1.29 is 8.42 Å². The molecule has 0 aromatic heterocycles. The molecular weight excluding hydrogens is 370 g/mol. The van der Waals surface area contributed by atoms with Crippen LogP contribution in [0.3, 0.4) is 0 Å². The average Bonchev–Trinajstić information content (AvgIpc) is 2.26. The lowest BCUT2D eigenvalue weighted by Gasteiger charge is -2.14. The van der Waals surface area contributed by atoms with E-state index in [9.17, 15) is 8.42 Å². The summed E-state index contributed by atoms with van der Waals surface area (Å²) in [6.45, 7) is 4.45. The second kappa shape index (κ2) is 6.31. The van der Waals surface area contributed by atoms with Gasteiger partial charge in [-0.3, -0.25) is 0 Å². The van der Waals surface area contributed by atoms with Gasteiger partial charge >= 0.3 is 0 Å². The molecule has 0 saturated carbocycles. The van der Waals surface area contributed by atoms with Crippen molar-refractivity contribution in [3.63, 3.8) is 0 Å². The van der Waals surface area contributed by atoms with E-state index in [2.05, 4.69) is 36.6 Å². The fourth-order valence-corrected chi connectivity index (χ4v) is 3.17. The van der Waals surface area contributed by atoms with Gasteiger partial charge in [0.1, 0.15) is 0 Å². The van der Waals surface area contributed by atoms with Crippen LogP contribution in [0.5, 0.6) is 0 Å². The second-order valence-electron chi connectivity index (χ2n) is 4.07. The SMILES string of the molecule is CC(C)C(Br)CNS(=O)(=O)c1cccc(Br)c1. The average molecular weight is 385 g/mol. The van der Waals surface area contributed by atoms with Crippen LogP contribution in [0.4, 0.5) is 0 Å². The third-order valence-corrected chi connectivity index (χ3v) is 5.59. The van der Waals surface area contributed by atoms with Crippen LogP contribution in [0.1, 0.15) is 13.8 Å². The van der Waals surface area contributed by atoms with Crippen molar-refractivity contribution in [1.82, 2.24) is 4.72 Å². The van der Waals surface area contributed by atoms with Crippen molar-refractivity contribution in [1.29, 1.82) is 0 Å². The number of hydrogen-bond acceptors (Lipinski definition) is 2. The quantitative estimate of drug-likeness (QED) is 0.792. The molecule has 17 heavy (non-hydrogen) atoms. The first kappa shape index (κ1) is 15.1. The largest absolute Gasteiger partial charge is 0.240 e. The monoisotopic (exact) mass is 383 g/mol. The summed E-state index contributed by atoms with van der Waals surface area (Å²) in [4.78, 5) is 0.403. The van der Waals surface area contributed by atoms with Crippen LogP contribution in [-0.2, 0) is 10.0 Å². The van der Waals surface area contributed by atoms with E-state index in [1.54, 1.807) is 24.3 Å². The molecule has 6 heteroatoms. The Labute approximate surface area is 119 Å². The maximum atomic E-state index is 12.0. The fraction of sp³-hybridized carbons (Fsp3) is 0.455. The minimum atomic E-state index is -3.42. The molecule has 0 aliphatic heterocycles. The Hall–Kier alpha value is 0.0900. The molecular formula is C11H15Br2NO2S. The number of hydrogen-bond donors (Lipinski definition) is 1. The van der Waals surface area contributed by atoms with Crippen molar-refractivity contribution in [3.8, 4) is 0 Å². The van der Waals surface area contributed by atoms with Crippen LogP contribution >= 0.6 is 31.9 Å².